The van der Waals surface area contributed by atoms with Gasteiger partial charge < -0.3 is 14.3 Å². The van der Waals surface area contributed by atoms with Crippen LogP contribution in [0.4, 0.5) is 17.6 Å². The summed E-state index contributed by atoms with van der Waals surface area (Å²) < 4.78 is 59.3. The second-order valence-corrected chi connectivity index (χ2v) is 3.72. The lowest BCUT2D eigenvalue weighted by atomic mass is 10.1. The summed E-state index contributed by atoms with van der Waals surface area (Å²) in [6.45, 7) is 0. The Morgan fingerprint density at radius 3 is 2.28 bits per heavy atom. The number of hydrogen-bond donors (Lipinski definition) is 0. The molecule has 0 radical (unpaired) electrons. The first kappa shape index (κ1) is 12.7. The van der Waals surface area contributed by atoms with Crippen LogP contribution in [0.25, 0.3) is 0 Å². The van der Waals surface area contributed by atoms with Gasteiger partial charge in [-0.15, -0.1) is 0 Å². The Morgan fingerprint density at radius 1 is 1.06 bits per heavy atom. The van der Waals surface area contributed by atoms with Crippen LogP contribution in [0, 0.1) is 0 Å². The molecule has 1 aliphatic heterocycles. The minimum atomic E-state index is -4.72. The number of alkyl halides is 4. The molecule has 1 aliphatic rings. The first-order valence-electron chi connectivity index (χ1n) is 5.06. The monoisotopic (exact) mass is 264 g/mol. The summed E-state index contributed by atoms with van der Waals surface area (Å²) in [5.41, 5.74) is 0.519. The molecule has 0 aliphatic carbocycles. The van der Waals surface area contributed by atoms with E-state index in [1.807, 2.05) is 0 Å². The van der Waals surface area contributed by atoms with Gasteiger partial charge in [0.25, 0.3) is 0 Å². The number of carbonyl (C=O) groups is 1. The maximum atomic E-state index is 12.9. The highest BCUT2D eigenvalue weighted by molar-refractivity contribution is 5.51. The number of ether oxygens (including phenoxy) is 2. The van der Waals surface area contributed by atoms with Crippen LogP contribution in [-0.4, -0.2) is 18.5 Å². The van der Waals surface area contributed by atoms with Crippen molar-refractivity contribution < 1.29 is 31.8 Å². The number of carbonyl (C=O) groups excluding carboxylic acids is 1. The highest BCUT2D eigenvalue weighted by atomic mass is 19.3. The van der Waals surface area contributed by atoms with Gasteiger partial charge in [0, 0.05) is 6.42 Å². The summed E-state index contributed by atoms with van der Waals surface area (Å²) in [6.07, 6.45) is -8.25. The number of aryl methyl sites for hydroxylation is 1. The van der Waals surface area contributed by atoms with Crippen LogP contribution in [0.2, 0.25) is 0 Å². The molecule has 1 heterocycles. The van der Waals surface area contributed by atoms with Gasteiger partial charge in [-0.25, -0.2) is 0 Å². The first-order valence-corrected chi connectivity index (χ1v) is 5.06. The van der Waals surface area contributed by atoms with Crippen molar-refractivity contribution in [3.8, 4) is 11.5 Å². The summed E-state index contributed by atoms with van der Waals surface area (Å²) in [6, 6.07) is 3.67. The molecule has 0 atom stereocenters. The van der Waals surface area contributed by atoms with Crippen LogP contribution in [0.15, 0.2) is 18.2 Å². The molecule has 0 saturated carbocycles. The van der Waals surface area contributed by atoms with E-state index < -0.39 is 23.7 Å². The summed E-state index contributed by atoms with van der Waals surface area (Å²) in [5, 5.41) is 0. The second kappa shape index (κ2) is 4.15. The smallest absolute Gasteiger partial charge is 0.421 e. The van der Waals surface area contributed by atoms with Crippen LogP contribution >= 0.6 is 0 Å². The van der Waals surface area contributed by atoms with Crippen LogP contribution in [0.1, 0.15) is 12.0 Å². The fourth-order valence-corrected chi connectivity index (χ4v) is 1.49. The van der Waals surface area contributed by atoms with Gasteiger partial charge in [0.1, 0.15) is 6.29 Å². The molecule has 0 saturated heterocycles. The molecule has 0 spiro atoms. The van der Waals surface area contributed by atoms with E-state index in [1.54, 1.807) is 0 Å². The third-order valence-electron chi connectivity index (χ3n) is 2.37. The lowest BCUT2D eigenvalue weighted by Crippen LogP contribution is -2.52. The molecule has 2 rings (SSSR count). The summed E-state index contributed by atoms with van der Waals surface area (Å²) in [7, 11) is 0. The van der Waals surface area contributed by atoms with Gasteiger partial charge in [0.2, 0.25) is 0 Å². The standard InChI is InChI=1S/C11H8F4O3/c12-10(13)11(14,15)18-9-6-7(2-1-5-16)3-4-8(9)17-10/h3-6H,1-2H2. The zero-order chi connectivity index (χ0) is 13.4. The summed E-state index contributed by atoms with van der Waals surface area (Å²) in [5.74, 6) is -0.921. The van der Waals surface area contributed by atoms with E-state index in [0.29, 0.717) is 18.3 Å². The lowest BCUT2D eigenvalue weighted by molar-refractivity contribution is -0.391. The van der Waals surface area contributed by atoms with Crippen molar-refractivity contribution in [3.63, 3.8) is 0 Å². The van der Waals surface area contributed by atoms with Crippen molar-refractivity contribution in [1.29, 1.82) is 0 Å². The molecule has 18 heavy (non-hydrogen) atoms. The number of rotatable bonds is 3. The average molecular weight is 264 g/mol. The molecule has 0 amide bonds. The average Bonchev–Trinajstić information content (AvgIpc) is 2.27. The van der Waals surface area contributed by atoms with Gasteiger partial charge in [0.05, 0.1) is 0 Å². The highest BCUT2D eigenvalue weighted by Crippen LogP contribution is 2.46. The Bertz CT molecular complexity index is 473. The van der Waals surface area contributed by atoms with Crippen molar-refractivity contribution in [2.24, 2.45) is 0 Å². The number of halogens is 4. The molecular weight excluding hydrogens is 256 g/mol. The van der Waals surface area contributed by atoms with Crippen molar-refractivity contribution in [1.82, 2.24) is 0 Å². The Kier molecular flexibility index (Phi) is 2.92. The van der Waals surface area contributed by atoms with Gasteiger partial charge in [-0.3, -0.25) is 0 Å². The summed E-state index contributed by atoms with van der Waals surface area (Å²) in [4.78, 5) is 10.2. The van der Waals surface area contributed by atoms with Gasteiger partial charge in [-0.1, -0.05) is 6.07 Å². The third-order valence-corrected chi connectivity index (χ3v) is 2.37. The second-order valence-electron chi connectivity index (χ2n) is 3.72. The molecule has 7 heteroatoms. The Morgan fingerprint density at radius 2 is 1.67 bits per heavy atom. The fourth-order valence-electron chi connectivity index (χ4n) is 1.49. The van der Waals surface area contributed by atoms with Crippen LogP contribution in [-0.2, 0) is 11.2 Å². The van der Waals surface area contributed by atoms with Gasteiger partial charge in [-0.2, -0.15) is 17.6 Å². The van der Waals surface area contributed by atoms with Crippen LogP contribution in [0.5, 0.6) is 11.5 Å². The van der Waals surface area contributed by atoms with E-state index in [9.17, 15) is 22.4 Å². The Labute approximate surface area is 99.3 Å². The SMILES string of the molecule is O=CCCc1ccc2c(c1)OC(F)(F)C(F)(F)O2. The maximum Gasteiger partial charge on any atom is 0.507 e. The maximum absolute atomic E-state index is 12.9. The quantitative estimate of drug-likeness (QED) is 0.622. The van der Waals surface area contributed by atoms with Crippen LogP contribution in [0.3, 0.4) is 0 Å². The molecule has 0 bridgehead atoms. The van der Waals surface area contributed by atoms with Crippen molar-refractivity contribution in [2.75, 3.05) is 0 Å². The zero-order valence-electron chi connectivity index (χ0n) is 8.96. The van der Waals surface area contributed by atoms with E-state index >= 15 is 0 Å². The van der Waals surface area contributed by atoms with Gasteiger partial charge >= 0.3 is 12.2 Å². The molecule has 0 fully saturated rings. The third kappa shape index (κ3) is 2.12. The minimum Gasteiger partial charge on any atom is -0.421 e. The molecule has 0 aromatic heterocycles. The molecule has 0 N–H and O–H groups in total. The van der Waals surface area contributed by atoms with Gasteiger partial charge in [-0.05, 0) is 24.1 Å². The molecule has 1 aromatic carbocycles. The summed E-state index contributed by atoms with van der Waals surface area (Å²) >= 11 is 0. The molecule has 98 valence electrons. The number of fused-ring (bicyclic) bond motifs is 1. The van der Waals surface area contributed by atoms with Crippen molar-refractivity contribution in [2.45, 2.75) is 25.1 Å². The van der Waals surface area contributed by atoms with Gasteiger partial charge in [0.15, 0.2) is 11.5 Å². The van der Waals surface area contributed by atoms with Crippen molar-refractivity contribution >= 4 is 6.29 Å². The normalized spacial score (nSPS) is 19.3. The largest absolute Gasteiger partial charge is 0.507 e. The zero-order valence-corrected chi connectivity index (χ0v) is 8.96. The fraction of sp³-hybridized carbons (Fsp3) is 0.364. The predicted octanol–water partition coefficient (Wildman–Crippen LogP) is 2.77. The van der Waals surface area contributed by atoms with E-state index in [0.717, 1.165) is 12.1 Å². The minimum absolute atomic E-state index is 0.201. The topological polar surface area (TPSA) is 35.5 Å². The highest BCUT2D eigenvalue weighted by Gasteiger charge is 2.65. The molecule has 0 unspecified atom stereocenters. The van der Waals surface area contributed by atoms with E-state index in [2.05, 4.69) is 9.47 Å². The Balaban J connectivity index is 2.30. The first-order chi connectivity index (χ1) is 8.36. The van der Waals surface area contributed by atoms with E-state index in [1.165, 1.54) is 6.07 Å². The number of benzene rings is 1. The van der Waals surface area contributed by atoms with Crippen molar-refractivity contribution in [3.05, 3.63) is 23.8 Å². The Hall–Kier alpha value is -1.79. The number of hydrogen-bond acceptors (Lipinski definition) is 3. The molecule has 3 nitrogen and oxygen atoms in total. The predicted molar refractivity (Wildman–Crippen MR) is 52.0 cm³/mol. The van der Waals surface area contributed by atoms with E-state index in [-0.39, 0.29) is 6.42 Å². The lowest BCUT2D eigenvalue weighted by Gasteiger charge is -2.31. The number of aldehydes is 1. The van der Waals surface area contributed by atoms with Crippen LogP contribution < -0.4 is 9.47 Å². The molecule has 1 aromatic rings. The van der Waals surface area contributed by atoms with E-state index in [4.69, 9.17) is 0 Å². The molecular formula is C11H8F4O3.